The van der Waals surface area contributed by atoms with Crippen molar-refractivity contribution in [2.45, 2.75) is 27.7 Å². The largest absolute Gasteiger partial charge is 0.508 e. The molecule has 0 aliphatic rings. The minimum Gasteiger partial charge on any atom is -0.508 e. The molecule has 0 amide bonds. The van der Waals surface area contributed by atoms with Crippen LogP contribution in [0.2, 0.25) is 0 Å². The van der Waals surface area contributed by atoms with Gasteiger partial charge in [-0.1, -0.05) is 27.7 Å². The maximum Gasteiger partial charge on any atom is 0.150 e. The van der Waals surface area contributed by atoms with Gasteiger partial charge in [-0.2, -0.15) is 0 Å². The first-order chi connectivity index (χ1) is 6.33. The summed E-state index contributed by atoms with van der Waals surface area (Å²) in [5.41, 5.74) is 0.577. The molecule has 0 atom stereocenters. The minimum atomic E-state index is 0.181. The zero-order chi connectivity index (χ0) is 10.7. The quantitative estimate of drug-likeness (QED) is 0.677. The number of rotatable bonds is 1. The number of phenolic OH excluding ortho intramolecular Hbond substituents is 1. The maximum absolute atomic E-state index is 10.0. The Morgan fingerprint density at radius 2 is 1.38 bits per heavy atom. The summed E-state index contributed by atoms with van der Waals surface area (Å²) in [5.74, 6) is 0.181. The number of aldehydes is 1. The topological polar surface area (TPSA) is 37.3 Å². The molecule has 13 heavy (non-hydrogen) atoms. The van der Waals surface area contributed by atoms with Crippen LogP contribution < -0.4 is 0 Å². The van der Waals surface area contributed by atoms with Gasteiger partial charge in [-0.25, -0.2) is 0 Å². The standard InChI is InChI=1S/C7H6O2.2C2H6/c8-5-6-1-3-7(9)4-2-6;2*1-2/h1-5,9H;2*1-2H3. The lowest BCUT2D eigenvalue weighted by molar-refractivity contribution is 0.112. The van der Waals surface area contributed by atoms with Gasteiger partial charge in [-0.3, -0.25) is 4.79 Å². The van der Waals surface area contributed by atoms with Gasteiger partial charge in [0, 0.05) is 5.56 Å². The first-order valence-electron chi connectivity index (χ1n) is 4.57. The van der Waals surface area contributed by atoms with E-state index in [9.17, 15) is 4.79 Å². The zero-order valence-corrected chi connectivity index (χ0v) is 8.74. The molecule has 0 heterocycles. The van der Waals surface area contributed by atoms with Crippen LogP contribution in [0.3, 0.4) is 0 Å². The van der Waals surface area contributed by atoms with E-state index in [2.05, 4.69) is 0 Å². The summed E-state index contributed by atoms with van der Waals surface area (Å²) in [6.45, 7) is 8.00. The highest BCUT2D eigenvalue weighted by molar-refractivity contribution is 5.74. The van der Waals surface area contributed by atoms with Crippen molar-refractivity contribution in [3.63, 3.8) is 0 Å². The van der Waals surface area contributed by atoms with Crippen molar-refractivity contribution < 1.29 is 9.90 Å². The fourth-order valence-corrected chi connectivity index (χ4v) is 0.553. The molecule has 0 fully saturated rings. The molecule has 0 aliphatic heterocycles. The Kier molecular flexibility index (Phi) is 11.7. The van der Waals surface area contributed by atoms with E-state index < -0.39 is 0 Å². The third-order valence-electron chi connectivity index (χ3n) is 1.03. The Labute approximate surface area is 80.2 Å². The molecule has 2 heteroatoms. The number of benzene rings is 1. The normalized spacial score (nSPS) is 7.08. The Balaban J connectivity index is 0. The highest BCUT2D eigenvalue weighted by Crippen LogP contribution is 2.07. The Morgan fingerprint density at radius 1 is 1.00 bits per heavy atom. The molecule has 0 aliphatic carbocycles. The average molecular weight is 182 g/mol. The molecule has 0 saturated carbocycles. The van der Waals surface area contributed by atoms with Crippen molar-refractivity contribution in [2.75, 3.05) is 0 Å². The highest BCUT2D eigenvalue weighted by Gasteiger charge is 1.86. The lowest BCUT2D eigenvalue weighted by Crippen LogP contribution is -1.74. The molecule has 1 rings (SSSR count). The van der Waals surface area contributed by atoms with Gasteiger partial charge in [-0.05, 0) is 24.3 Å². The van der Waals surface area contributed by atoms with Gasteiger partial charge in [0.2, 0.25) is 0 Å². The Morgan fingerprint density at radius 3 is 1.69 bits per heavy atom. The fourth-order valence-electron chi connectivity index (χ4n) is 0.553. The molecule has 1 aromatic carbocycles. The third-order valence-corrected chi connectivity index (χ3v) is 1.03. The molecule has 0 spiro atoms. The van der Waals surface area contributed by atoms with E-state index in [4.69, 9.17) is 5.11 Å². The summed E-state index contributed by atoms with van der Waals surface area (Å²) in [6.07, 6.45) is 0.736. The van der Waals surface area contributed by atoms with Crippen molar-refractivity contribution >= 4 is 6.29 Å². The minimum absolute atomic E-state index is 0.181. The zero-order valence-electron chi connectivity index (χ0n) is 8.74. The van der Waals surface area contributed by atoms with Crippen molar-refractivity contribution in [3.8, 4) is 5.75 Å². The van der Waals surface area contributed by atoms with E-state index in [0.717, 1.165) is 6.29 Å². The Bertz CT molecular complexity index is 202. The van der Waals surface area contributed by atoms with Crippen molar-refractivity contribution in [1.29, 1.82) is 0 Å². The van der Waals surface area contributed by atoms with Crippen molar-refractivity contribution in [2.24, 2.45) is 0 Å². The summed E-state index contributed by atoms with van der Waals surface area (Å²) in [5, 5.41) is 8.74. The molecule has 0 radical (unpaired) electrons. The number of carbonyl (C=O) groups excluding carboxylic acids is 1. The molecule has 74 valence electrons. The number of aromatic hydroxyl groups is 1. The van der Waals surface area contributed by atoms with Gasteiger partial charge in [-0.15, -0.1) is 0 Å². The van der Waals surface area contributed by atoms with Gasteiger partial charge < -0.3 is 5.11 Å². The van der Waals surface area contributed by atoms with Crippen LogP contribution in [-0.2, 0) is 0 Å². The van der Waals surface area contributed by atoms with Crippen LogP contribution >= 0.6 is 0 Å². The fraction of sp³-hybridized carbons (Fsp3) is 0.364. The monoisotopic (exact) mass is 182 g/mol. The predicted octanol–water partition coefficient (Wildman–Crippen LogP) is 3.26. The van der Waals surface area contributed by atoms with Crippen LogP contribution in [-0.4, -0.2) is 11.4 Å². The summed E-state index contributed by atoms with van der Waals surface area (Å²) in [4.78, 5) is 10.0. The van der Waals surface area contributed by atoms with Crippen LogP contribution in [0.4, 0.5) is 0 Å². The van der Waals surface area contributed by atoms with Crippen LogP contribution in [0.1, 0.15) is 38.1 Å². The molecular weight excluding hydrogens is 164 g/mol. The number of phenols is 1. The molecule has 0 aromatic heterocycles. The van der Waals surface area contributed by atoms with E-state index in [-0.39, 0.29) is 5.75 Å². The summed E-state index contributed by atoms with van der Waals surface area (Å²) < 4.78 is 0. The molecule has 2 nitrogen and oxygen atoms in total. The van der Waals surface area contributed by atoms with Crippen LogP contribution in [0.5, 0.6) is 5.75 Å². The first-order valence-corrected chi connectivity index (χ1v) is 4.57. The molecular formula is C11H18O2. The lowest BCUT2D eigenvalue weighted by atomic mass is 10.2. The van der Waals surface area contributed by atoms with Gasteiger partial charge in [0.15, 0.2) is 0 Å². The second-order valence-corrected chi connectivity index (χ2v) is 1.71. The van der Waals surface area contributed by atoms with E-state index in [1.54, 1.807) is 12.1 Å². The second-order valence-electron chi connectivity index (χ2n) is 1.71. The molecule has 0 bridgehead atoms. The van der Waals surface area contributed by atoms with Crippen molar-refractivity contribution in [3.05, 3.63) is 29.8 Å². The van der Waals surface area contributed by atoms with E-state index in [0.29, 0.717) is 5.56 Å². The summed E-state index contributed by atoms with van der Waals surface area (Å²) in [7, 11) is 0. The molecule has 1 aromatic rings. The number of hydrogen-bond donors (Lipinski definition) is 1. The maximum atomic E-state index is 10.0. The third kappa shape index (κ3) is 7.06. The van der Waals surface area contributed by atoms with Crippen LogP contribution in [0.15, 0.2) is 24.3 Å². The van der Waals surface area contributed by atoms with Crippen LogP contribution in [0.25, 0.3) is 0 Å². The smallest absolute Gasteiger partial charge is 0.150 e. The van der Waals surface area contributed by atoms with E-state index in [1.807, 2.05) is 27.7 Å². The second kappa shape index (κ2) is 10.7. The highest BCUT2D eigenvalue weighted by atomic mass is 16.3. The number of carbonyl (C=O) groups is 1. The van der Waals surface area contributed by atoms with Gasteiger partial charge >= 0.3 is 0 Å². The van der Waals surface area contributed by atoms with Gasteiger partial charge in [0.1, 0.15) is 12.0 Å². The summed E-state index contributed by atoms with van der Waals surface area (Å²) >= 11 is 0. The number of hydrogen-bond acceptors (Lipinski definition) is 2. The first kappa shape index (κ1) is 14.2. The molecule has 1 N–H and O–H groups in total. The van der Waals surface area contributed by atoms with Crippen LogP contribution in [0, 0.1) is 0 Å². The average Bonchev–Trinajstić information content (AvgIpc) is 2.25. The molecule has 0 unspecified atom stereocenters. The van der Waals surface area contributed by atoms with Gasteiger partial charge in [0.05, 0.1) is 0 Å². The SMILES string of the molecule is CC.CC.O=Cc1ccc(O)cc1. The van der Waals surface area contributed by atoms with E-state index in [1.165, 1.54) is 12.1 Å². The molecule has 0 saturated heterocycles. The van der Waals surface area contributed by atoms with E-state index >= 15 is 0 Å². The summed E-state index contributed by atoms with van der Waals surface area (Å²) in [6, 6.07) is 6.07. The Hall–Kier alpha value is -1.31. The van der Waals surface area contributed by atoms with Gasteiger partial charge in [0.25, 0.3) is 0 Å². The predicted molar refractivity (Wildman–Crippen MR) is 56.2 cm³/mol. The van der Waals surface area contributed by atoms with Crippen molar-refractivity contribution in [1.82, 2.24) is 0 Å². The lowest BCUT2D eigenvalue weighted by Gasteiger charge is -1.88.